The number of nitrogen functional groups attached to an aromatic ring is 1. The van der Waals surface area contributed by atoms with E-state index >= 15 is 0 Å². The van der Waals surface area contributed by atoms with Crippen LogP contribution in [0, 0.1) is 0 Å². The molecule has 114 valence electrons. The van der Waals surface area contributed by atoms with Crippen molar-refractivity contribution in [3.05, 3.63) is 28.2 Å². The minimum Gasteiger partial charge on any atom is -0.468 e. The molecule has 1 aliphatic heterocycles. The van der Waals surface area contributed by atoms with Crippen LogP contribution in [0.3, 0.4) is 0 Å². The van der Waals surface area contributed by atoms with Crippen molar-refractivity contribution in [3.63, 3.8) is 0 Å². The Balaban J connectivity index is 1.95. The lowest BCUT2D eigenvalue weighted by molar-refractivity contribution is -0.142. The third-order valence-electron chi connectivity index (χ3n) is 3.41. The number of rotatable bonds is 3. The molecule has 0 saturated carbocycles. The van der Waals surface area contributed by atoms with Gasteiger partial charge in [0.05, 0.1) is 13.7 Å². The Kier molecular flexibility index (Phi) is 5.19. The first-order valence-corrected chi connectivity index (χ1v) is 7.43. The van der Waals surface area contributed by atoms with E-state index < -0.39 is 0 Å². The number of esters is 1. The molecule has 1 amide bonds. The molecule has 1 aromatic carbocycles. The monoisotopic (exact) mass is 355 g/mol. The maximum Gasteiger partial charge on any atom is 0.319 e. The Morgan fingerprint density at radius 1 is 1.24 bits per heavy atom. The predicted octanol–water partition coefficient (Wildman–Crippen LogP) is 0.962. The molecule has 1 saturated heterocycles. The van der Waals surface area contributed by atoms with Crippen molar-refractivity contribution in [2.75, 3.05) is 45.6 Å². The van der Waals surface area contributed by atoms with E-state index in [4.69, 9.17) is 5.73 Å². The van der Waals surface area contributed by atoms with Crippen LogP contribution in [0.2, 0.25) is 0 Å². The first-order valence-electron chi connectivity index (χ1n) is 6.64. The zero-order chi connectivity index (χ0) is 15.4. The van der Waals surface area contributed by atoms with Crippen molar-refractivity contribution in [1.29, 1.82) is 0 Å². The third kappa shape index (κ3) is 4.18. The molecule has 1 aromatic rings. The number of carbonyl (C=O) groups excluding carboxylic acids is 2. The summed E-state index contributed by atoms with van der Waals surface area (Å²) in [6.07, 6.45) is 0. The normalized spacial score (nSPS) is 15.8. The Hall–Kier alpha value is -1.60. The summed E-state index contributed by atoms with van der Waals surface area (Å²) in [5, 5.41) is 0. The molecule has 21 heavy (non-hydrogen) atoms. The minimum absolute atomic E-state index is 0.0410. The van der Waals surface area contributed by atoms with Gasteiger partial charge in [-0.25, -0.2) is 0 Å². The van der Waals surface area contributed by atoms with Crippen molar-refractivity contribution in [1.82, 2.24) is 9.80 Å². The van der Waals surface area contributed by atoms with Gasteiger partial charge < -0.3 is 15.4 Å². The fourth-order valence-electron chi connectivity index (χ4n) is 2.27. The number of nitrogens with zero attached hydrogens (tertiary/aromatic N) is 2. The standard InChI is InChI=1S/C14H18BrN3O3/c1-21-13(19)9-17-2-4-18(5-3-17)14(20)10-6-11(15)8-12(16)7-10/h6-8H,2-5,9,16H2,1H3. The zero-order valence-electron chi connectivity index (χ0n) is 11.8. The molecule has 6 nitrogen and oxygen atoms in total. The van der Waals surface area contributed by atoms with Gasteiger partial charge in [-0.2, -0.15) is 0 Å². The molecule has 0 bridgehead atoms. The summed E-state index contributed by atoms with van der Waals surface area (Å²) in [6.45, 7) is 2.75. The highest BCUT2D eigenvalue weighted by atomic mass is 79.9. The van der Waals surface area contributed by atoms with E-state index in [1.54, 1.807) is 23.1 Å². The van der Waals surface area contributed by atoms with Crippen LogP contribution in [-0.2, 0) is 9.53 Å². The topological polar surface area (TPSA) is 75.9 Å². The zero-order valence-corrected chi connectivity index (χ0v) is 13.4. The van der Waals surface area contributed by atoms with Gasteiger partial charge in [-0.3, -0.25) is 14.5 Å². The smallest absolute Gasteiger partial charge is 0.319 e. The number of carbonyl (C=O) groups is 2. The van der Waals surface area contributed by atoms with Gasteiger partial charge in [0.25, 0.3) is 5.91 Å². The van der Waals surface area contributed by atoms with Crippen LogP contribution in [0.1, 0.15) is 10.4 Å². The molecule has 2 N–H and O–H groups in total. The van der Waals surface area contributed by atoms with E-state index in [1.807, 2.05) is 4.90 Å². The van der Waals surface area contributed by atoms with Gasteiger partial charge in [0.2, 0.25) is 0 Å². The molecule has 0 unspecified atom stereocenters. The molecule has 0 atom stereocenters. The number of nitrogens with two attached hydrogens (primary N) is 1. The highest BCUT2D eigenvalue weighted by Crippen LogP contribution is 2.19. The van der Waals surface area contributed by atoms with Crippen LogP contribution in [0.4, 0.5) is 5.69 Å². The molecule has 2 rings (SSSR count). The number of anilines is 1. The van der Waals surface area contributed by atoms with Crippen LogP contribution in [-0.4, -0.2) is 61.5 Å². The van der Waals surface area contributed by atoms with Gasteiger partial charge in [-0.1, -0.05) is 15.9 Å². The molecular formula is C14H18BrN3O3. The highest BCUT2D eigenvalue weighted by molar-refractivity contribution is 9.10. The first-order chi connectivity index (χ1) is 9.99. The summed E-state index contributed by atoms with van der Waals surface area (Å²) in [7, 11) is 1.37. The summed E-state index contributed by atoms with van der Waals surface area (Å²) >= 11 is 3.34. The molecule has 1 fully saturated rings. The molecular weight excluding hydrogens is 338 g/mol. The third-order valence-corrected chi connectivity index (χ3v) is 3.86. The quantitative estimate of drug-likeness (QED) is 0.645. The summed E-state index contributed by atoms with van der Waals surface area (Å²) in [4.78, 5) is 27.4. The molecule has 0 aliphatic carbocycles. The maximum absolute atomic E-state index is 12.4. The van der Waals surface area contributed by atoms with Crippen molar-refractivity contribution < 1.29 is 14.3 Å². The second-order valence-electron chi connectivity index (χ2n) is 4.92. The molecule has 0 spiro atoms. The van der Waals surface area contributed by atoms with Gasteiger partial charge in [0.15, 0.2) is 0 Å². The van der Waals surface area contributed by atoms with Gasteiger partial charge in [0, 0.05) is 41.9 Å². The molecule has 1 aliphatic rings. The number of ether oxygens (including phenoxy) is 1. The van der Waals surface area contributed by atoms with E-state index in [0.29, 0.717) is 37.4 Å². The van der Waals surface area contributed by atoms with Crippen molar-refractivity contribution >= 4 is 33.5 Å². The average Bonchev–Trinajstić information content (AvgIpc) is 2.46. The van der Waals surface area contributed by atoms with Crippen molar-refractivity contribution in [3.8, 4) is 0 Å². The molecule has 0 aromatic heterocycles. The summed E-state index contributed by atoms with van der Waals surface area (Å²) in [6, 6.07) is 5.19. The van der Waals surface area contributed by atoms with E-state index in [9.17, 15) is 9.59 Å². The SMILES string of the molecule is COC(=O)CN1CCN(C(=O)c2cc(N)cc(Br)c2)CC1. The first kappa shape index (κ1) is 15.8. The maximum atomic E-state index is 12.4. The Morgan fingerprint density at radius 2 is 1.90 bits per heavy atom. The van der Waals surface area contributed by atoms with Gasteiger partial charge >= 0.3 is 5.97 Å². The fraction of sp³-hybridized carbons (Fsp3) is 0.429. The number of halogens is 1. The minimum atomic E-state index is -0.255. The number of benzene rings is 1. The fourth-order valence-corrected chi connectivity index (χ4v) is 2.79. The number of hydrogen-bond acceptors (Lipinski definition) is 5. The van der Waals surface area contributed by atoms with E-state index in [0.717, 1.165) is 4.47 Å². The summed E-state index contributed by atoms with van der Waals surface area (Å²) in [5.74, 6) is -0.296. The van der Waals surface area contributed by atoms with Crippen molar-refractivity contribution in [2.45, 2.75) is 0 Å². The molecule has 0 radical (unpaired) electrons. The highest BCUT2D eigenvalue weighted by Gasteiger charge is 2.23. The number of methoxy groups -OCH3 is 1. The lowest BCUT2D eigenvalue weighted by atomic mass is 10.1. The van der Waals surface area contributed by atoms with Crippen molar-refractivity contribution in [2.24, 2.45) is 0 Å². The van der Waals surface area contributed by atoms with Crippen LogP contribution >= 0.6 is 15.9 Å². The predicted molar refractivity (Wildman–Crippen MR) is 82.9 cm³/mol. The van der Waals surface area contributed by atoms with Crippen LogP contribution in [0.25, 0.3) is 0 Å². The number of hydrogen-bond donors (Lipinski definition) is 1. The second-order valence-corrected chi connectivity index (χ2v) is 5.83. The van der Waals surface area contributed by atoms with Crippen LogP contribution in [0.15, 0.2) is 22.7 Å². The molecule has 7 heteroatoms. The van der Waals surface area contributed by atoms with E-state index in [2.05, 4.69) is 20.7 Å². The largest absolute Gasteiger partial charge is 0.468 e. The van der Waals surface area contributed by atoms with E-state index in [1.165, 1.54) is 7.11 Å². The second kappa shape index (κ2) is 6.91. The number of amides is 1. The lowest BCUT2D eigenvalue weighted by Crippen LogP contribution is -2.50. The summed E-state index contributed by atoms with van der Waals surface area (Å²) in [5.41, 5.74) is 6.88. The Bertz CT molecular complexity index is 522. The van der Waals surface area contributed by atoms with Gasteiger partial charge in [-0.15, -0.1) is 0 Å². The number of piperazine rings is 1. The molecule has 1 heterocycles. The summed E-state index contributed by atoms with van der Waals surface area (Å²) < 4.78 is 5.43. The van der Waals surface area contributed by atoms with Crippen LogP contribution in [0.5, 0.6) is 0 Å². The van der Waals surface area contributed by atoms with E-state index in [-0.39, 0.29) is 18.4 Å². The van der Waals surface area contributed by atoms with Gasteiger partial charge in [-0.05, 0) is 18.2 Å². The van der Waals surface area contributed by atoms with Crippen LogP contribution < -0.4 is 5.73 Å². The average molecular weight is 356 g/mol. The lowest BCUT2D eigenvalue weighted by Gasteiger charge is -2.34. The van der Waals surface area contributed by atoms with Gasteiger partial charge in [0.1, 0.15) is 0 Å². The Morgan fingerprint density at radius 3 is 2.48 bits per heavy atom. The Labute approximate surface area is 132 Å².